The van der Waals surface area contributed by atoms with Crippen molar-refractivity contribution in [3.63, 3.8) is 0 Å². The first-order valence-corrected chi connectivity index (χ1v) is 10.7. The van der Waals surface area contributed by atoms with Crippen molar-refractivity contribution in [2.24, 2.45) is 0 Å². The zero-order valence-corrected chi connectivity index (χ0v) is 18.6. The summed E-state index contributed by atoms with van der Waals surface area (Å²) in [5.74, 6) is 0. The smallest absolute Gasteiger partial charge is 0.870 e. The molecule has 0 bridgehead atoms. The van der Waals surface area contributed by atoms with Gasteiger partial charge in [-0.25, -0.2) is 0 Å². The zero-order valence-electron chi connectivity index (χ0n) is 18.6. The number of benzene rings is 5. The summed E-state index contributed by atoms with van der Waals surface area (Å²) >= 11 is 0. The Bertz CT molecular complexity index is 1210. The third kappa shape index (κ3) is 5.26. The fourth-order valence-electron chi connectivity index (χ4n) is 3.94. The summed E-state index contributed by atoms with van der Waals surface area (Å²) in [7, 11) is 5.95. The fourth-order valence-corrected chi connectivity index (χ4v) is 3.94. The molecule has 5 aromatic rings. The molecule has 0 amide bonds. The van der Waals surface area contributed by atoms with E-state index in [9.17, 15) is 0 Å². The van der Waals surface area contributed by atoms with Gasteiger partial charge in [0.05, 0.1) is 0 Å². The second-order valence-electron chi connectivity index (χ2n) is 7.75. The van der Waals surface area contributed by atoms with Crippen molar-refractivity contribution in [1.82, 2.24) is 0 Å². The maximum atomic E-state index is 5.95. The molecule has 0 unspecified atom stereocenters. The van der Waals surface area contributed by atoms with Gasteiger partial charge >= 0.3 is 179 Å². The summed E-state index contributed by atoms with van der Waals surface area (Å²) in [5, 5.41) is 0. The molecule has 34 heavy (non-hydrogen) atoms. The van der Waals surface area contributed by atoms with Gasteiger partial charge in [-0.15, -0.1) is 0 Å². The van der Waals surface area contributed by atoms with Crippen molar-refractivity contribution in [2.75, 3.05) is 4.90 Å². The van der Waals surface area contributed by atoms with Gasteiger partial charge in [-0.3, -0.25) is 0 Å². The van der Waals surface area contributed by atoms with Crippen molar-refractivity contribution in [1.29, 1.82) is 0 Å². The van der Waals surface area contributed by atoms with Crippen LogP contribution in [0, 0.1) is 0 Å². The molecule has 0 fully saturated rings. The SMILES string of the molecule is [B+2]c1ccc(N(c2ccc(-c3ccccc3)cc2)c2ccc(-c3ccccc3)cc2)cc1.[OH-].[OH-]. The normalized spacial score (nSPS) is 10.1. The van der Waals surface area contributed by atoms with Crippen LogP contribution < -0.4 is 10.4 Å². The van der Waals surface area contributed by atoms with Gasteiger partial charge in [-0.1, -0.05) is 12.1 Å². The van der Waals surface area contributed by atoms with Gasteiger partial charge < -0.3 is 11.0 Å². The fraction of sp³-hybridized carbons (Fsp3) is 0. The monoisotopic (exact) mass is 441 g/mol. The number of nitrogens with zero attached hydrogens (tertiary/aromatic N) is 1. The van der Waals surface area contributed by atoms with E-state index in [0.717, 1.165) is 22.5 Å². The van der Waals surface area contributed by atoms with E-state index in [2.05, 4.69) is 114 Å². The Morgan fingerprint density at radius 3 is 1.00 bits per heavy atom. The molecule has 2 N–H and O–H groups in total. The van der Waals surface area contributed by atoms with Crippen LogP contribution in [0.4, 0.5) is 17.1 Å². The Balaban J connectivity index is 0.00000162. The standard InChI is InChI=1S/C30H22BN.2H2O/c31-27-15-21-30(22-16-27)32(28-17-11-25(12-18-28)23-7-3-1-4-8-23)29-19-13-26(14-20-29)24-9-5-2-6-10-24;;/h1-22H;2*1H2/q+2;;/p-2. The molecule has 3 nitrogen and oxygen atoms in total. The average molecular weight is 441 g/mol. The molecule has 0 heterocycles. The number of hydrogen-bond acceptors (Lipinski definition) is 3. The maximum Gasteiger partial charge on any atom is -0.870 e. The molecule has 5 aromatic carbocycles. The average Bonchev–Trinajstić information content (AvgIpc) is 2.87. The van der Waals surface area contributed by atoms with E-state index in [1.165, 1.54) is 22.3 Å². The molecule has 0 aromatic heterocycles. The van der Waals surface area contributed by atoms with Crippen LogP contribution in [0.2, 0.25) is 0 Å². The first-order chi connectivity index (χ1) is 15.8. The van der Waals surface area contributed by atoms with Gasteiger partial charge in [-0.2, -0.15) is 0 Å². The van der Waals surface area contributed by atoms with Crippen molar-refractivity contribution >= 4 is 30.4 Å². The van der Waals surface area contributed by atoms with E-state index in [0.29, 0.717) is 0 Å². The van der Waals surface area contributed by atoms with Crippen LogP contribution in [0.25, 0.3) is 22.3 Å². The minimum absolute atomic E-state index is 0. The summed E-state index contributed by atoms with van der Waals surface area (Å²) < 4.78 is 0. The van der Waals surface area contributed by atoms with Crippen LogP contribution in [-0.4, -0.2) is 18.8 Å². The van der Waals surface area contributed by atoms with E-state index in [4.69, 9.17) is 7.85 Å². The Morgan fingerprint density at radius 1 is 0.353 bits per heavy atom. The summed E-state index contributed by atoms with van der Waals surface area (Å²) in [6.45, 7) is 0. The van der Waals surface area contributed by atoms with E-state index in [1.54, 1.807) is 0 Å². The molecular formula is C30H24BNO2. The third-order valence-electron chi connectivity index (χ3n) is 5.62. The van der Waals surface area contributed by atoms with E-state index in [-0.39, 0.29) is 11.0 Å². The minimum atomic E-state index is 0. The van der Waals surface area contributed by atoms with Gasteiger partial charge in [0.25, 0.3) is 0 Å². The zero-order chi connectivity index (χ0) is 21.8. The molecule has 0 aliphatic carbocycles. The topological polar surface area (TPSA) is 63.2 Å². The molecule has 0 aliphatic heterocycles. The molecule has 0 saturated carbocycles. The summed E-state index contributed by atoms with van der Waals surface area (Å²) in [6, 6.07) is 46.3. The van der Waals surface area contributed by atoms with Crippen molar-refractivity contribution in [2.45, 2.75) is 0 Å². The Kier molecular flexibility index (Phi) is 8.04. The van der Waals surface area contributed by atoms with Gasteiger partial charge in [0, 0.05) is 0 Å². The van der Waals surface area contributed by atoms with Crippen LogP contribution in [-0.2, 0) is 0 Å². The first-order valence-electron chi connectivity index (χ1n) is 10.7. The number of hydrogen-bond donors (Lipinski definition) is 0. The molecule has 0 radical (unpaired) electrons. The quantitative estimate of drug-likeness (QED) is 0.278. The second-order valence-corrected chi connectivity index (χ2v) is 7.75. The molecule has 5 rings (SSSR count). The summed E-state index contributed by atoms with van der Waals surface area (Å²) in [6.07, 6.45) is 0. The van der Waals surface area contributed by atoms with Crippen molar-refractivity contribution in [3.8, 4) is 22.3 Å². The number of rotatable bonds is 5. The minimum Gasteiger partial charge on any atom is -0.870 e. The van der Waals surface area contributed by atoms with Crippen LogP contribution in [0.3, 0.4) is 0 Å². The summed E-state index contributed by atoms with van der Waals surface area (Å²) in [4.78, 5) is 2.25. The largest absolute Gasteiger partial charge is 0.870 e. The van der Waals surface area contributed by atoms with E-state index < -0.39 is 0 Å². The Labute approximate surface area is 202 Å². The van der Waals surface area contributed by atoms with Gasteiger partial charge in [-0.05, 0) is 0 Å². The Morgan fingerprint density at radius 2 is 0.647 bits per heavy atom. The molecule has 0 aliphatic rings. The Hall–Kier alpha value is -4.12. The summed E-state index contributed by atoms with van der Waals surface area (Å²) in [5.41, 5.74) is 8.85. The van der Waals surface area contributed by atoms with Gasteiger partial charge in [0.2, 0.25) is 0 Å². The van der Waals surface area contributed by atoms with E-state index in [1.807, 2.05) is 24.3 Å². The van der Waals surface area contributed by atoms with Gasteiger partial charge in [0.15, 0.2) is 0 Å². The van der Waals surface area contributed by atoms with Gasteiger partial charge in [0.1, 0.15) is 0 Å². The molecule has 164 valence electrons. The molecular weight excluding hydrogens is 417 g/mol. The van der Waals surface area contributed by atoms with Crippen LogP contribution >= 0.6 is 0 Å². The molecule has 0 saturated heterocycles. The third-order valence-corrected chi connectivity index (χ3v) is 5.62. The molecule has 0 spiro atoms. The maximum absolute atomic E-state index is 5.95. The van der Waals surface area contributed by atoms with Crippen LogP contribution in [0.15, 0.2) is 133 Å². The van der Waals surface area contributed by atoms with Crippen LogP contribution in [0.5, 0.6) is 0 Å². The molecule has 4 heteroatoms. The molecule has 0 atom stereocenters. The van der Waals surface area contributed by atoms with Crippen LogP contribution in [0.1, 0.15) is 0 Å². The van der Waals surface area contributed by atoms with E-state index >= 15 is 0 Å². The predicted octanol–water partition coefficient (Wildman–Crippen LogP) is 6.93. The number of anilines is 3. The predicted molar refractivity (Wildman–Crippen MR) is 141 cm³/mol. The van der Waals surface area contributed by atoms with Crippen molar-refractivity contribution in [3.05, 3.63) is 133 Å². The second kappa shape index (κ2) is 11.1. The van der Waals surface area contributed by atoms with Crippen molar-refractivity contribution < 1.29 is 11.0 Å². The first kappa shape index (κ1) is 24.5.